The van der Waals surface area contributed by atoms with Crippen LogP contribution in [-0.4, -0.2) is 25.7 Å². The first-order valence-electron chi connectivity index (χ1n) is 11.2. The molecule has 0 radical (unpaired) electrons. The molecule has 1 fully saturated rings. The van der Waals surface area contributed by atoms with E-state index in [4.69, 9.17) is 11.6 Å². The Hall–Kier alpha value is -3.23. The Bertz CT molecular complexity index is 1400. The van der Waals surface area contributed by atoms with E-state index in [0.717, 1.165) is 36.1 Å². The van der Waals surface area contributed by atoms with Gasteiger partial charge in [-0.1, -0.05) is 42.6 Å². The van der Waals surface area contributed by atoms with Gasteiger partial charge in [-0.25, -0.2) is 4.98 Å². The van der Waals surface area contributed by atoms with E-state index < -0.39 is 5.41 Å². The molecule has 174 valence electrons. The van der Waals surface area contributed by atoms with E-state index in [2.05, 4.69) is 20.4 Å². The number of benzene rings is 1. The lowest BCUT2D eigenvalue weighted by atomic mass is 9.78. The van der Waals surface area contributed by atoms with Crippen molar-refractivity contribution in [1.82, 2.24) is 19.7 Å². The number of nitrogens with zero attached hydrogens (tertiary/aromatic N) is 3. The average Bonchev–Trinajstić information content (AvgIpc) is 3.58. The second-order valence-electron chi connectivity index (χ2n) is 8.65. The number of amides is 1. The number of carbonyl (C=O) groups excluding carboxylic acids is 1. The molecule has 2 N–H and O–H groups in total. The van der Waals surface area contributed by atoms with Crippen molar-refractivity contribution in [2.24, 2.45) is 0 Å². The summed E-state index contributed by atoms with van der Waals surface area (Å²) in [5.74, 6) is 0.621. The van der Waals surface area contributed by atoms with Crippen molar-refractivity contribution in [1.29, 1.82) is 0 Å². The molecule has 4 aromatic rings. The van der Waals surface area contributed by atoms with Crippen LogP contribution in [0.1, 0.15) is 42.5 Å². The van der Waals surface area contributed by atoms with Crippen LogP contribution in [-0.2, 0) is 10.2 Å². The Morgan fingerprint density at radius 2 is 1.91 bits per heavy atom. The molecule has 0 unspecified atom stereocenters. The van der Waals surface area contributed by atoms with E-state index in [1.165, 1.54) is 4.68 Å². The van der Waals surface area contributed by atoms with Crippen LogP contribution in [0.15, 0.2) is 52.6 Å². The first-order chi connectivity index (χ1) is 16.4. The van der Waals surface area contributed by atoms with Crippen molar-refractivity contribution in [2.45, 2.75) is 44.9 Å². The fourth-order valence-electron chi connectivity index (χ4n) is 4.54. The van der Waals surface area contributed by atoms with Crippen LogP contribution in [0.3, 0.4) is 0 Å². The van der Waals surface area contributed by atoms with E-state index in [0.29, 0.717) is 27.8 Å². The quantitative estimate of drug-likeness (QED) is 0.389. The molecule has 0 saturated heterocycles. The highest BCUT2D eigenvalue weighted by Gasteiger charge is 2.43. The number of aromatic amines is 1. The molecule has 1 aromatic carbocycles. The number of hydrogen-bond donors (Lipinski definition) is 2. The normalized spacial score (nSPS) is 14.9. The molecule has 5 rings (SSSR count). The lowest BCUT2D eigenvalue weighted by Crippen LogP contribution is -2.38. The number of aromatic nitrogens is 4. The number of halogens is 1. The van der Waals surface area contributed by atoms with Crippen LogP contribution in [0, 0.1) is 13.8 Å². The topological polar surface area (TPSA) is 92.7 Å². The number of aryl methyl sites for hydroxylation is 1. The molecular formula is C25H24ClN5O2S. The molecular weight excluding hydrogens is 470 g/mol. The van der Waals surface area contributed by atoms with Gasteiger partial charge in [0.1, 0.15) is 11.5 Å². The predicted octanol–water partition coefficient (Wildman–Crippen LogP) is 5.40. The molecule has 1 amide bonds. The Labute approximate surface area is 205 Å². The van der Waals surface area contributed by atoms with Crippen molar-refractivity contribution in [3.63, 3.8) is 0 Å². The Morgan fingerprint density at radius 3 is 2.56 bits per heavy atom. The summed E-state index contributed by atoms with van der Waals surface area (Å²) in [7, 11) is 0. The standard InChI is InChI=1S/C25H24ClN5O2S/c1-15-16(2)27-24(29-22(15)32)31-21(14-19(30-31)20-6-5-13-34-20)28-23(33)25(11-3-4-12-25)17-7-9-18(26)10-8-17/h5-10,13-14H,3-4,11-12H2,1-2H3,(H,28,33)(H,27,29,32). The van der Waals surface area contributed by atoms with Crippen molar-refractivity contribution >= 4 is 34.7 Å². The highest BCUT2D eigenvalue weighted by molar-refractivity contribution is 7.13. The number of thiophene rings is 1. The number of rotatable bonds is 5. The summed E-state index contributed by atoms with van der Waals surface area (Å²) < 4.78 is 1.51. The van der Waals surface area contributed by atoms with Gasteiger partial charge in [0.25, 0.3) is 5.56 Å². The molecule has 3 heterocycles. The first kappa shape index (κ1) is 22.6. The van der Waals surface area contributed by atoms with E-state index >= 15 is 0 Å². The molecule has 1 aliphatic carbocycles. The monoisotopic (exact) mass is 493 g/mol. The van der Waals surface area contributed by atoms with Gasteiger partial charge in [0.05, 0.1) is 10.3 Å². The second-order valence-corrected chi connectivity index (χ2v) is 10.0. The summed E-state index contributed by atoms with van der Waals surface area (Å²) >= 11 is 7.65. The van der Waals surface area contributed by atoms with Crippen LogP contribution in [0.25, 0.3) is 16.5 Å². The maximum atomic E-state index is 13.8. The summed E-state index contributed by atoms with van der Waals surface area (Å²) in [6.45, 7) is 3.51. The molecule has 0 atom stereocenters. The smallest absolute Gasteiger partial charge is 0.255 e. The first-order valence-corrected chi connectivity index (χ1v) is 12.4. The third kappa shape index (κ3) is 3.97. The van der Waals surface area contributed by atoms with Crippen LogP contribution in [0.2, 0.25) is 5.02 Å². The summed E-state index contributed by atoms with van der Waals surface area (Å²) in [5.41, 5.74) is 1.92. The Morgan fingerprint density at radius 1 is 1.18 bits per heavy atom. The maximum Gasteiger partial charge on any atom is 0.255 e. The maximum absolute atomic E-state index is 13.8. The fourth-order valence-corrected chi connectivity index (χ4v) is 5.34. The SMILES string of the molecule is Cc1nc(-n2nc(-c3cccs3)cc2NC(=O)C2(c3ccc(Cl)cc3)CCCC2)[nH]c(=O)c1C. The van der Waals surface area contributed by atoms with Crippen LogP contribution >= 0.6 is 22.9 Å². The van der Waals surface area contributed by atoms with Gasteiger partial charge in [0.15, 0.2) is 0 Å². The fraction of sp³-hybridized carbons (Fsp3) is 0.280. The average molecular weight is 494 g/mol. The number of carbonyl (C=O) groups is 1. The summed E-state index contributed by atoms with van der Waals surface area (Å²) in [6.07, 6.45) is 3.46. The van der Waals surface area contributed by atoms with Crippen LogP contribution < -0.4 is 10.9 Å². The molecule has 7 nitrogen and oxygen atoms in total. The van der Waals surface area contributed by atoms with Gasteiger partial charge in [-0.05, 0) is 55.8 Å². The van der Waals surface area contributed by atoms with Gasteiger partial charge in [0.2, 0.25) is 11.9 Å². The van der Waals surface area contributed by atoms with Crippen molar-refractivity contribution in [2.75, 3.05) is 5.32 Å². The number of hydrogen-bond acceptors (Lipinski definition) is 5. The second kappa shape index (κ2) is 8.85. The number of nitrogens with one attached hydrogen (secondary N) is 2. The Balaban J connectivity index is 1.58. The van der Waals surface area contributed by atoms with E-state index in [9.17, 15) is 9.59 Å². The molecule has 9 heteroatoms. The summed E-state index contributed by atoms with van der Waals surface area (Å²) in [6, 6.07) is 13.3. The van der Waals surface area contributed by atoms with Gasteiger partial charge in [-0.3, -0.25) is 14.6 Å². The van der Waals surface area contributed by atoms with Crippen molar-refractivity contribution in [3.8, 4) is 16.5 Å². The third-order valence-corrected chi connectivity index (χ3v) is 7.74. The zero-order chi connectivity index (χ0) is 23.9. The largest absolute Gasteiger partial charge is 0.310 e. The molecule has 0 bridgehead atoms. The predicted molar refractivity (Wildman–Crippen MR) is 135 cm³/mol. The minimum atomic E-state index is -0.646. The highest BCUT2D eigenvalue weighted by Crippen LogP contribution is 2.42. The molecule has 3 aromatic heterocycles. The molecule has 34 heavy (non-hydrogen) atoms. The molecule has 1 saturated carbocycles. The number of anilines is 1. The molecule has 0 aliphatic heterocycles. The van der Waals surface area contributed by atoms with Gasteiger partial charge in [-0.15, -0.1) is 11.3 Å². The zero-order valence-corrected chi connectivity index (χ0v) is 20.5. The van der Waals surface area contributed by atoms with E-state index in [-0.39, 0.29) is 17.4 Å². The van der Waals surface area contributed by atoms with Gasteiger partial charge in [0, 0.05) is 22.3 Å². The summed E-state index contributed by atoms with van der Waals surface area (Å²) in [5, 5.41) is 10.4. The van der Waals surface area contributed by atoms with Crippen molar-refractivity contribution in [3.05, 3.63) is 80.0 Å². The lowest BCUT2D eigenvalue weighted by molar-refractivity contribution is -0.121. The van der Waals surface area contributed by atoms with Crippen LogP contribution in [0.5, 0.6) is 0 Å². The zero-order valence-electron chi connectivity index (χ0n) is 18.9. The van der Waals surface area contributed by atoms with Gasteiger partial charge in [-0.2, -0.15) is 9.78 Å². The lowest BCUT2D eigenvalue weighted by Gasteiger charge is -2.28. The number of H-pyrrole nitrogens is 1. The molecule has 1 aliphatic rings. The highest BCUT2D eigenvalue weighted by atomic mass is 35.5. The van der Waals surface area contributed by atoms with Gasteiger partial charge >= 0.3 is 0 Å². The summed E-state index contributed by atoms with van der Waals surface area (Å²) in [4.78, 5) is 34.5. The Kier molecular flexibility index (Phi) is 5.87. The van der Waals surface area contributed by atoms with E-state index in [1.807, 2.05) is 47.8 Å². The van der Waals surface area contributed by atoms with Gasteiger partial charge < -0.3 is 5.32 Å². The third-order valence-electron chi connectivity index (χ3n) is 6.60. The minimum Gasteiger partial charge on any atom is -0.310 e. The minimum absolute atomic E-state index is 0.0996. The van der Waals surface area contributed by atoms with E-state index in [1.54, 1.807) is 25.2 Å². The molecule has 0 spiro atoms. The van der Waals surface area contributed by atoms with Crippen LogP contribution in [0.4, 0.5) is 5.82 Å². The van der Waals surface area contributed by atoms with Crippen molar-refractivity contribution < 1.29 is 4.79 Å².